The lowest BCUT2D eigenvalue weighted by Gasteiger charge is -2.34. The molecule has 1 heterocycles. The smallest absolute Gasteiger partial charge is 0.524 e. The van der Waals surface area contributed by atoms with Crippen LogP contribution in [0.3, 0.4) is 0 Å². The van der Waals surface area contributed by atoms with Gasteiger partial charge in [-0.05, 0) is 51.7 Å². The first-order chi connectivity index (χ1) is 16.1. The number of hydrogen-bond acceptors (Lipinski definition) is 5. The van der Waals surface area contributed by atoms with Gasteiger partial charge in [-0.3, -0.25) is 0 Å². The first kappa shape index (κ1) is 25.4. The number of likely N-dealkylation sites (tertiary alicyclic amines) is 1. The molecule has 1 unspecified atom stereocenters. The number of carboxylic acids is 1. The van der Waals surface area contributed by atoms with Gasteiger partial charge in [0.2, 0.25) is 0 Å². The van der Waals surface area contributed by atoms with E-state index in [-0.39, 0.29) is 18.9 Å². The van der Waals surface area contributed by atoms with Crippen molar-refractivity contribution < 1.29 is 28.7 Å². The molecule has 0 bridgehead atoms. The lowest BCUT2D eigenvalue weighted by Crippen LogP contribution is -2.64. The number of carbonyl (C=O) groups is 3. The van der Waals surface area contributed by atoms with Gasteiger partial charge in [-0.25, -0.2) is 4.79 Å². The SMILES string of the molecule is CC[N+]1(C(=O)OC(C)(C)C)C(=O)/C(=C\CCC(c2ccccc2)c2ccccc2)C[C@H]1C(=O)[O-]. The maximum atomic E-state index is 13.4. The van der Waals surface area contributed by atoms with Crippen LogP contribution in [0.5, 0.6) is 0 Å². The Kier molecular flexibility index (Phi) is 7.72. The Morgan fingerprint density at radius 1 is 1.06 bits per heavy atom. The van der Waals surface area contributed by atoms with E-state index in [0.717, 1.165) is 6.42 Å². The summed E-state index contributed by atoms with van der Waals surface area (Å²) in [6.45, 7) is 6.68. The fourth-order valence-electron chi connectivity index (χ4n) is 4.65. The molecule has 1 fully saturated rings. The number of carbonyl (C=O) groups excluding carboxylic acids is 3. The molecule has 34 heavy (non-hydrogen) atoms. The third-order valence-corrected chi connectivity index (χ3v) is 6.32. The van der Waals surface area contributed by atoms with Crippen molar-refractivity contribution in [2.24, 2.45) is 0 Å². The summed E-state index contributed by atoms with van der Waals surface area (Å²) in [6.07, 6.45) is 2.20. The number of quaternary nitrogens is 1. The number of allylic oxidation sites excluding steroid dienone is 1. The normalized spacial score (nSPS) is 21.7. The Morgan fingerprint density at radius 2 is 1.59 bits per heavy atom. The number of aliphatic carboxylic acids is 1. The Balaban J connectivity index is 1.87. The van der Waals surface area contributed by atoms with E-state index in [2.05, 4.69) is 24.3 Å². The van der Waals surface area contributed by atoms with Gasteiger partial charge >= 0.3 is 12.0 Å². The first-order valence-corrected chi connectivity index (χ1v) is 11.8. The average molecular weight is 464 g/mol. The summed E-state index contributed by atoms with van der Waals surface area (Å²) in [5.41, 5.74) is 1.84. The highest BCUT2D eigenvalue weighted by atomic mass is 16.6. The van der Waals surface area contributed by atoms with Crippen molar-refractivity contribution in [1.82, 2.24) is 0 Å². The molecule has 1 saturated heterocycles. The van der Waals surface area contributed by atoms with Crippen LogP contribution in [0.1, 0.15) is 64.0 Å². The maximum absolute atomic E-state index is 13.4. The average Bonchev–Trinajstić information content (AvgIpc) is 3.09. The van der Waals surface area contributed by atoms with E-state index in [0.29, 0.717) is 12.0 Å². The monoisotopic (exact) mass is 463 g/mol. The Bertz CT molecular complexity index is 1020. The predicted octanol–water partition coefficient (Wildman–Crippen LogP) is 4.35. The van der Waals surface area contributed by atoms with E-state index >= 15 is 0 Å². The van der Waals surface area contributed by atoms with E-state index < -0.39 is 34.1 Å². The third kappa shape index (κ3) is 5.28. The molecular weight excluding hydrogens is 430 g/mol. The highest BCUT2D eigenvalue weighted by Crippen LogP contribution is 2.36. The van der Waals surface area contributed by atoms with E-state index in [9.17, 15) is 19.5 Å². The van der Waals surface area contributed by atoms with Gasteiger partial charge in [0.25, 0.3) is 0 Å². The first-order valence-electron chi connectivity index (χ1n) is 11.8. The van der Waals surface area contributed by atoms with Gasteiger partial charge in [0.05, 0.1) is 12.1 Å². The van der Waals surface area contributed by atoms with Gasteiger partial charge < -0.3 is 14.6 Å². The molecule has 2 aromatic rings. The molecule has 1 aliphatic rings. The van der Waals surface area contributed by atoms with Crippen molar-refractivity contribution in [2.45, 2.75) is 64.5 Å². The van der Waals surface area contributed by atoms with Crippen molar-refractivity contribution in [3.8, 4) is 0 Å². The zero-order chi connectivity index (χ0) is 24.9. The second-order valence-electron chi connectivity index (χ2n) is 9.69. The molecule has 3 rings (SSSR count). The molecule has 0 spiro atoms. The van der Waals surface area contributed by atoms with E-state index in [1.807, 2.05) is 36.4 Å². The van der Waals surface area contributed by atoms with Crippen LogP contribution >= 0.6 is 0 Å². The fourth-order valence-corrected chi connectivity index (χ4v) is 4.65. The van der Waals surface area contributed by atoms with Crippen molar-refractivity contribution >= 4 is 18.0 Å². The fraction of sp³-hybridized carbons (Fsp3) is 0.393. The van der Waals surface area contributed by atoms with Crippen LogP contribution < -0.4 is 5.11 Å². The number of rotatable bonds is 7. The largest absolute Gasteiger partial charge is 0.544 e. The third-order valence-electron chi connectivity index (χ3n) is 6.32. The molecule has 1 aliphatic heterocycles. The molecule has 0 radical (unpaired) electrons. The van der Waals surface area contributed by atoms with Gasteiger partial charge in [-0.1, -0.05) is 66.7 Å². The van der Waals surface area contributed by atoms with Crippen molar-refractivity contribution in [3.63, 3.8) is 0 Å². The standard InChI is InChI=1S/C28H33NO5/c1-5-29(27(33)34-28(2,3)4)24(26(31)32)19-22(25(29)30)17-12-18-23(20-13-8-6-9-14-20)21-15-10-7-11-16-21/h6-11,13-17,23-24H,5,12,18-19H2,1-4H3/b22-17-/t24-,29?/m0/s1. The predicted molar refractivity (Wildman–Crippen MR) is 127 cm³/mol. The number of nitrogens with zero attached hydrogens (tertiary/aromatic N) is 1. The maximum Gasteiger partial charge on any atom is 0.524 e. The Hall–Kier alpha value is -3.25. The second-order valence-corrected chi connectivity index (χ2v) is 9.69. The number of carboxylic acid groups (broad SMARTS) is 1. The molecular formula is C28H33NO5. The zero-order valence-electron chi connectivity index (χ0n) is 20.3. The molecule has 2 aromatic carbocycles. The summed E-state index contributed by atoms with van der Waals surface area (Å²) in [4.78, 5) is 38.5. The number of imide groups is 1. The summed E-state index contributed by atoms with van der Waals surface area (Å²) >= 11 is 0. The molecule has 2 atom stereocenters. The van der Waals surface area contributed by atoms with Gasteiger partial charge in [-0.2, -0.15) is 4.79 Å². The van der Waals surface area contributed by atoms with Crippen LogP contribution in [-0.2, 0) is 14.3 Å². The van der Waals surface area contributed by atoms with Crippen LogP contribution in [0.4, 0.5) is 4.79 Å². The van der Waals surface area contributed by atoms with Gasteiger partial charge in [0, 0.05) is 12.3 Å². The number of hydrogen-bond donors (Lipinski definition) is 0. The number of ether oxygens (including phenoxy) is 1. The summed E-state index contributed by atoms with van der Waals surface area (Å²) < 4.78 is 4.57. The molecule has 0 aliphatic carbocycles. The second kappa shape index (κ2) is 10.3. The van der Waals surface area contributed by atoms with Crippen molar-refractivity contribution in [2.75, 3.05) is 6.54 Å². The molecule has 0 saturated carbocycles. The summed E-state index contributed by atoms with van der Waals surface area (Å²) in [6, 6.07) is 19.0. The van der Waals surface area contributed by atoms with E-state index in [4.69, 9.17) is 4.74 Å². The van der Waals surface area contributed by atoms with Crippen LogP contribution in [0.2, 0.25) is 0 Å². The molecule has 6 heteroatoms. The van der Waals surface area contributed by atoms with Gasteiger partial charge in [-0.15, -0.1) is 4.48 Å². The van der Waals surface area contributed by atoms with E-state index in [1.54, 1.807) is 33.8 Å². The minimum Gasteiger partial charge on any atom is -0.544 e. The number of benzene rings is 2. The summed E-state index contributed by atoms with van der Waals surface area (Å²) in [5.74, 6) is -1.80. The Morgan fingerprint density at radius 3 is 2.03 bits per heavy atom. The lowest BCUT2D eigenvalue weighted by molar-refractivity contribution is -0.792. The van der Waals surface area contributed by atoms with Crippen LogP contribution in [0, 0.1) is 0 Å². The minimum atomic E-state index is -1.42. The van der Waals surface area contributed by atoms with Crippen LogP contribution in [0.25, 0.3) is 0 Å². The number of amides is 2. The van der Waals surface area contributed by atoms with Crippen molar-refractivity contribution in [1.29, 1.82) is 0 Å². The quantitative estimate of drug-likeness (QED) is 0.450. The van der Waals surface area contributed by atoms with Crippen molar-refractivity contribution in [3.05, 3.63) is 83.4 Å². The topological polar surface area (TPSA) is 83.5 Å². The van der Waals surface area contributed by atoms with E-state index in [1.165, 1.54) is 11.1 Å². The Labute approximate surface area is 201 Å². The zero-order valence-corrected chi connectivity index (χ0v) is 20.3. The molecule has 6 nitrogen and oxygen atoms in total. The highest BCUT2D eigenvalue weighted by Gasteiger charge is 2.59. The van der Waals surface area contributed by atoms with Crippen LogP contribution in [-0.4, -0.2) is 40.6 Å². The lowest BCUT2D eigenvalue weighted by atomic mass is 9.87. The molecule has 180 valence electrons. The summed E-state index contributed by atoms with van der Waals surface area (Å²) in [7, 11) is 0. The minimum absolute atomic E-state index is 0.0135. The van der Waals surface area contributed by atoms with Gasteiger partial charge in [0.1, 0.15) is 11.6 Å². The van der Waals surface area contributed by atoms with Crippen LogP contribution in [0.15, 0.2) is 72.3 Å². The molecule has 0 aromatic heterocycles. The molecule has 2 amide bonds. The highest BCUT2D eigenvalue weighted by molar-refractivity contribution is 5.99. The number of likely N-dealkylation sites (N-methyl/N-ethyl adjacent to an activating group) is 1. The molecule has 0 N–H and O–H groups in total. The summed E-state index contributed by atoms with van der Waals surface area (Å²) in [5, 5.41) is 12.0. The van der Waals surface area contributed by atoms with Gasteiger partial charge in [0.15, 0.2) is 6.04 Å².